The minimum Gasteiger partial charge on any atom is -0.484 e. The molecule has 1 atom stereocenters. The Balaban J connectivity index is 1.82. The Labute approximate surface area is 124 Å². The lowest BCUT2D eigenvalue weighted by molar-refractivity contribution is -0.135. The topological polar surface area (TPSA) is 55.6 Å². The van der Waals surface area contributed by atoms with E-state index in [-0.39, 0.29) is 12.5 Å². The van der Waals surface area contributed by atoms with E-state index in [1.54, 1.807) is 24.3 Å². The molecule has 1 saturated heterocycles. The Kier molecular flexibility index (Phi) is 5.68. The van der Waals surface area contributed by atoms with E-state index in [1.165, 1.54) is 0 Å². The lowest BCUT2D eigenvalue weighted by atomic mass is 9.95. The first-order valence-corrected chi connectivity index (χ1v) is 7.43. The number of hydrogen-bond acceptors (Lipinski definition) is 3. The van der Waals surface area contributed by atoms with Crippen LogP contribution in [-0.2, 0) is 4.79 Å². The van der Waals surface area contributed by atoms with Crippen molar-refractivity contribution in [3.05, 3.63) is 29.3 Å². The summed E-state index contributed by atoms with van der Waals surface area (Å²) in [4.78, 5) is 14.0. The van der Waals surface area contributed by atoms with E-state index >= 15 is 0 Å². The second-order valence-electron chi connectivity index (χ2n) is 5.17. The van der Waals surface area contributed by atoms with Crippen molar-refractivity contribution in [1.29, 1.82) is 0 Å². The highest BCUT2D eigenvalue weighted by molar-refractivity contribution is 6.30. The minimum atomic E-state index is 0.0340. The normalized spacial score (nSPS) is 18.9. The molecule has 110 valence electrons. The first-order chi connectivity index (χ1) is 9.69. The number of carbonyl (C=O) groups excluding carboxylic acids is 1. The molecule has 1 fully saturated rings. The highest BCUT2D eigenvalue weighted by Gasteiger charge is 2.23. The van der Waals surface area contributed by atoms with Gasteiger partial charge in [0.15, 0.2) is 6.61 Å². The molecule has 20 heavy (non-hydrogen) atoms. The molecule has 0 aromatic heterocycles. The third-order valence-corrected chi connectivity index (χ3v) is 3.84. The van der Waals surface area contributed by atoms with Crippen LogP contribution in [0, 0.1) is 5.92 Å². The summed E-state index contributed by atoms with van der Waals surface area (Å²) in [6, 6.07) is 7.09. The van der Waals surface area contributed by atoms with Crippen molar-refractivity contribution in [2.24, 2.45) is 11.7 Å². The molecule has 2 rings (SSSR count). The quantitative estimate of drug-likeness (QED) is 0.907. The number of ether oxygens (including phenoxy) is 1. The zero-order valence-electron chi connectivity index (χ0n) is 11.6. The van der Waals surface area contributed by atoms with Crippen molar-refractivity contribution in [3.8, 4) is 5.75 Å². The first-order valence-electron chi connectivity index (χ1n) is 7.05. The SMILES string of the molecule is NCCC1CCCN(C(=O)COc2cccc(Cl)c2)C1. The molecule has 1 aliphatic heterocycles. The van der Waals surface area contributed by atoms with Crippen LogP contribution in [0.25, 0.3) is 0 Å². The van der Waals surface area contributed by atoms with Crippen LogP contribution in [0.2, 0.25) is 5.02 Å². The van der Waals surface area contributed by atoms with Gasteiger partial charge in [0.2, 0.25) is 0 Å². The van der Waals surface area contributed by atoms with Gasteiger partial charge in [0.1, 0.15) is 5.75 Å². The third kappa shape index (κ3) is 4.39. The molecule has 1 unspecified atom stereocenters. The number of halogens is 1. The van der Waals surface area contributed by atoms with Gasteiger partial charge in [0.25, 0.3) is 5.91 Å². The molecule has 1 heterocycles. The lowest BCUT2D eigenvalue weighted by Gasteiger charge is -2.32. The molecule has 5 heteroatoms. The van der Waals surface area contributed by atoms with E-state index in [1.807, 2.05) is 4.90 Å². The summed E-state index contributed by atoms with van der Waals surface area (Å²) >= 11 is 5.88. The van der Waals surface area contributed by atoms with Crippen LogP contribution in [0.4, 0.5) is 0 Å². The second-order valence-corrected chi connectivity index (χ2v) is 5.61. The van der Waals surface area contributed by atoms with Crippen molar-refractivity contribution in [2.45, 2.75) is 19.3 Å². The van der Waals surface area contributed by atoms with E-state index < -0.39 is 0 Å². The van der Waals surface area contributed by atoms with E-state index in [0.29, 0.717) is 23.2 Å². The Morgan fingerprint density at radius 2 is 2.35 bits per heavy atom. The van der Waals surface area contributed by atoms with Gasteiger partial charge in [0.05, 0.1) is 0 Å². The summed E-state index contributed by atoms with van der Waals surface area (Å²) in [7, 11) is 0. The van der Waals surface area contributed by atoms with Crippen molar-refractivity contribution < 1.29 is 9.53 Å². The van der Waals surface area contributed by atoms with Gasteiger partial charge in [-0.15, -0.1) is 0 Å². The molecule has 0 aliphatic carbocycles. The number of rotatable bonds is 5. The number of carbonyl (C=O) groups is 1. The van der Waals surface area contributed by atoms with Gasteiger partial charge >= 0.3 is 0 Å². The average Bonchev–Trinajstić information content (AvgIpc) is 2.45. The third-order valence-electron chi connectivity index (χ3n) is 3.61. The van der Waals surface area contributed by atoms with Crippen molar-refractivity contribution in [1.82, 2.24) is 4.90 Å². The summed E-state index contributed by atoms with van der Waals surface area (Å²) < 4.78 is 5.50. The smallest absolute Gasteiger partial charge is 0.260 e. The summed E-state index contributed by atoms with van der Waals surface area (Å²) in [6.45, 7) is 2.37. The maximum absolute atomic E-state index is 12.1. The van der Waals surface area contributed by atoms with Crippen LogP contribution in [0.3, 0.4) is 0 Å². The Morgan fingerprint density at radius 3 is 3.10 bits per heavy atom. The van der Waals surface area contributed by atoms with Crippen LogP contribution in [-0.4, -0.2) is 37.0 Å². The molecule has 2 N–H and O–H groups in total. The fourth-order valence-corrected chi connectivity index (χ4v) is 2.74. The largest absolute Gasteiger partial charge is 0.484 e. The maximum Gasteiger partial charge on any atom is 0.260 e. The molecule has 0 bridgehead atoms. The van der Waals surface area contributed by atoms with E-state index in [0.717, 1.165) is 32.4 Å². The predicted octanol–water partition coefficient (Wildman–Crippen LogP) is 2.31. The summed E-state index contributed by atoms with van der Waals surface area (Å²) in [5, 5.41) is 0.607. The Hall–Kier alpha value is -1.26. The summed E-state index contributed by atoms with van der Waals surface area (Å²) in [5.74, 6) is 1.19. The van der Waals surface area contributed by atoms with Gasteiger partial charge < -0.3 is 15.4 Å². The molecular formula is C15H21ClN2O2. The molecule has 1 aromatic carbocycles. The second kappa shape index (κ2) is 7.50. The Bertz CT molecular complexity index is 451. The van der Waals surface area contributed by atoms with Crippen molar-refractivity contribution >= 4 is 17.5 Å². The Morgan fingerprint density at radius 1 is 1.50 bits per heavy atom. The number of piperidine rings is 1. The highest BCUT2D eigenvalue weighted by Crippen LogP contribution is 2.20. The number of likely N-dealkylation sites (tertiary alicyclic amines) is 1. The number of benzene rings is 1. The van der Waals surface area contributed by atoms with Crippen LogP contribution >= 0.6 is 11.6 Å². The van der Waals surface area contributed by atoms with Gasteiger partial charge in [-0.2, -0.15) is 0 Å². The number of amides is 1. The van der Waals surface area contributed by atoms with Gasteiger partial charge in [-0.3, -0.25) is 4.79 Å². The molecule has 0 radical (unpaired) electrons. The van der Waals surface area contributed by atoms with Crippen molar-refractivity contribution in [3.63, 3.8) is 0 Å². The van der Waals surface area contributed by atoms with E-state index in [2.05, 4.69) is 0 Å². The van der Waals surface area contributed by atoms with Crippen LogP contribution < -0.4 is 10.5 Å². The molecule has 0 spiro atoms. The van der Waals surface area contributed by atoms with E-state index in [9.17, 15) is 4.79 Å². The number of hydrogen-bond donors (Lipinski definition) is 1. The fraction of sp³-hybridized carbons (Fsp3) is 0.533. The number of nitrogens with zero attached hydrogens (tertiary/aromatic N) is 1. The van der Waals surface area contributed by atoms with Crippen LogP contribution in [0.5, 0.6) is 5.75 Å². The standard InChI is InChI=1S/C15H21ClN2O2/c16-13-4-1-5-14(9-13)20-11-15(19)18-8-2-3-12(10-18)6-7-17/h1,4-5,9,12H,2-3,6-8,10-11,17H2. The zero-order chi connectivity index (χ0) is 14.4. The highest BCUT2D eigenvalue weighted by atomic mass is 35.5. The number of nitrogens with two attached hydrogens (primary N) is 1. The fourth-order valence-electron chi connectivity index (χ4n) is 2.56. The van der Waals surface area contributed by atoms with Crippen LogP contribution in [0.1, 0.15) is 19.3 Å². The van der Waals surface area contributed by atoms with Gasteiger partial charge in [-0.25, -0.2) is 0 Å². The molecule has 4 nitrogen and oxygen atoms in total. The molecule has 1 aromatic rings. The van der Waals surface area contributed by atoms with Gasteiger partial charge in [-0.1, -0.05) is 17.7 Å². The molecule has 0 saturated carbocycles. The molecule has 1 amide bonds. The first kappa shape index (κ1) is 15.1. The molecular weight excluding hydrogens is 276 g/mol. The van der Waals surface area contributed by atoms with Gasteiger partial charge in [-0.05, 0) is 49.9 Å². The minimum absolute atomic E-state index is 0.0340. The summed E-state index contributed by atoms with van der Waals surface area (Å²) in [5.41, 5.74) is 5.59. The monoisotopic (exact) mass is 296 g/mol. The van der Waals surface area contributed by atoms with E-state index in [4.69, 9.17) is 22.1 Å². The molecule has 1 aliphatic rings. The van der Waals surface area contributed by atoms with Crippen LogP contribution in [0.15, 0.2) is 24.3 Å². The summed E-state index contributed by atoms with van der Waals surface area (Å²) in [6.07, 6.45) is 3.20. The average molecular weight is 297 g/mol. The predicted molar refractivity (Wildman–Crippen MR) is 79.9 cm³/mol. The zero-order valence-corrected chi connectivity index (χ0v) is 12.3. The maximum atomic E-state index is 12.1. The lowest BCUT2D eigenvalue weighted by Crippen LogP contribution is -2.42. The van der Waals surface area contributed by atoms with Crippen molar-refractivity contribution in [2.75, 3.05) is 26.2 Å². The van der Waals surface area contributed by atoms with Gasteiger partial charge in [0, 0.05) is 18.1 Å².